The third-order valence-electron chi connectivity index (χ3n) is 5.94. The second-order valence-corrected chi connectivity index (χ2v) is 7.85. The SMILES string of the molecule is C=CC1CCC(c2ccc(C(=O)Oc3ccc4c(F)c(F)c(F)cc4c3)c(F)c2)CC1. The van der Waals surface area contributed by atoms with E-state index < -0.39 is 29.2 Å². The minimum atomic E-state index is -1.57. The van der Waals surface area contributed by atoms with Crippen LogP contribution in [0.15, 0.2) is 55.1 Å². The Kier molecular flexibility index (Phi) is 5.81. The van der Waals surface area contributed by atoms with Crippen LogP contribution in [0.4, 0.5) is 17.6 Å². The largest absolute Gasteiger partial charge is 0.423 e. The van der Waals surface area contributed by atoms with E-state index in [-0.39, 0.29) is 28.0 Å². The van der Waals surface area contributed by atoms with E-state index in [1.54, 1.807) is 6.07 Å². The molecule has 3 aromatic carbocycles. The van der Waals surface area contributed by atoms with E-state index in [1.165, 1.54) is 30.3 Å². The van der Waals surface area contributed by atoms with Gasteiger partial charge in [0.15, 0.2) is 17.5 Å². The van der Waals surface area contributed by atoms with Crippen LogP contribution in [-0.2, 0) is 0 Å². The number of halogens is 4. The molecule has 0 spiro atoms. The van der Waals surface area contributed by atoms with E-state index in [0.717, 1.165) is 37.3 Å². The molecule has 6 heteroatoms. The lowest BCUT2D eigenvalue weighted by molar-refractivity contribution is 0.0730. The predicted molar refractivity (Wildman–Crippen MR) is 110 cm³/mol. The molecule has 2 nitrogen and oxygen atoms in total. The Morgan fingerprint density at radius 3 is 2.32 bits per heavy atom. The fourth-order valence-corrected chi connectivity index (χ4v) is 4.15. The van der Waals surface area contributed by atoms with Crippen molar-refractivity contribution in [3.8, 4) is 5.75 Å². The topological polar surface area (TPSA) is 26.3 Å². The highest BCUT2D eigenvalue weighted by molar-refractivity contribution is 5.92. The van der Waals surface area contributed by atoms with Gasteiger partial charge in [-0.15, -0.1) is 6.58 Å². The lowest BCUT2D eigenvalue weighted by Crippen LogP contribution is -2.14. The number of esters is 1. The second kappa shape index (κ2) is 8.53. The van der Waals surface area contributed by atoms with Crippen LogP contribution < -0.4 is 4.74 Å². The molecule has 0 aromatic heterocycles. The van der Waals surface area contributed by atoms with Crippen molar-refractivity contribution in [3.05, 3.63) is 89.5 Å². The molecule has 3 aromatic rings. The first-order valence-corrected chi connectivity index (χ1v) is 10.1. The van der Waals surface area contributed by atoms with Crippen molar-refractivity contribution >= 4 is 16.7 Å². The number of ether oxygens (including phenoxy) is 1. The second-order valence-electron chi connectivity index (χ2n) is 7.85. The van der Waals surface area contributed by atoms with Crippen molar-refractivity contribution in [2.45, 2.75) is 31.6 Å². The molecular weight excluding hydrogens is 408 g/mol. The number of hydrogen-bond donors (Lipinski definition) is 0. The summed E-state index contributed by atoms with van der Waals surface area (Å²) >= 11 is 0. The summed E-state index contributed by atoms with van der Waals surface area (Å²) in [6.45, 7) is 3.83. The molecule has 0 bridgehead atoms. The van der Waals surface area contributed by atoms with Crippen molar-refractivity contribution < 1.29 is 27.1 Å². The molecule has 31 heavy (non-hydrogen) atoms. The van der Waals surface area contributed by atoms with Crippen molar-refractivity contribution in [1.29, 1.82) is 0 Å². The number of allylic oxidation sites excluding steroid dienone is 1. The normalized spacial score (nSPS) is 18.7. The zero-order valence-electron chi connectivity index (χ0n) is 16.6. The first kappa shape index (κ1) is 21.1. The predicted octanol–water partition coefficient (Wildman–Crippen LogP) is 7.08. The number of hydrogen-bond acceptors (Lipinski definition) is 2. The molecule has 0 heterocycles. The van der Waals surface area contributed by atoms with Gasteiger partial charge in [-0.2, -0.15) is 0 Å². The van der Waals surface area contributed by atoms with Crippen molar-refractivity contribution in [3.63, 3.8) is 0 Å². The van der Waals surface area contributed by atoms with Gasteiger partial charge in [0.25, 0.3) is 0 Å². The maximum Gasteiger partial charge on any atom is 0.346 e. The summed E-state index contributed by atoms with van der Waals surface area (Å²) in [5, 5.41) is -0.131. The summed E-state index contributed by atoms with van der Waals surface area (Å²) in [5.41, 5.74) is 0.607. The van der Waals surface area contributed by atoms with Crippen LogP contribution in [0.1, 0.15) is 47.5 Å². The molecular formula is C25H20F4O2. The molecule has 0 amide bonds. The monoisotopic (exact) mass is 428 g/mol. The number of fused-ring (bicyclic) bond motifs is 1. The van der Waals surface area contributed by atoms with Gasteiger partial charge in [0.1, 0.15) is 11.6 Å². The molecule has 0 atom stereocenters. The Labute approximate surface area is 177 Å². The first-order chi connectivity index (χ1) is 14.9. The van der Waals surface area contributed by atoms with Crippen LogP contribution >= 0.6 is 0 Å². The summed E-state index contributed by atoms with van der Waals surface area (Å²) in [6, 6.07) is 8.91. The van der Waals surface area contributed by atoms with Gasteiger partial charge in [0, 0.05) is 5.39 Å². The van der Waals surface area contributed by atoms with Crippen molar-refractivity contribution in [2.24, 2.45) is 5.92 Å². The average Bonchev–Trinajstić information content (AvgIpc) is 2.77. The summed E-state index contributed by atoms with van der Waals surface area (Å²) in [6.07, 6.45) is 5.84. The van der Waals surface area contributed by atoms with E-state index in [1.807, 2.05) is 6.08 Å². The van der Waals surface area contributed by atoms with Gasteiger partial charge in [0.2, 0.25) is 0 Å². The fourth-order valence-electron chi connectivity index (χ4n) is 4.15. The number of benzene rings is 3. The van der Waals surface area contributed by atoms with Crippen molar-refractivity contribution in [1.82, 2.24) is 0 Å². The zero-order chi connectivity index (χ0) is 22.1. The number of rotatable bonds is 4. The Morgan fingerprint density at radius 1 is 0.903 bits per heavy atom. The third-order valence-corrected chi connectivity index (χ3v) is 5.94. The van der Waals surface area contributed by atoms with Crippen LogP contribution in [0.25, 0.3) is 10.8 Å². The molecule has 4 rings (SSSR count). The lowest BCUT2D eigenvalue weighted by atomic mass is 9.78. The lowest BCUT2D eigenvalue weighted by Gasteiger charge is -2.27. The maximum atomic E-state index is 14.6. The van der Waals surface area contributed by atoms with Gasteiger partial charge in [-0.25, -0.2) is 22.4 Å². The molecule has 1 aliphatic rings. The smallest absolute Gasteiger partial charge is 0.346 e. The van der Waals surface area contributed by atoms with Crippen LogP contribution in [0.3, 0.4) is 0 Å². The summed E-state index contributed by atoms with van der Waals surface area (Å²) in [5.74, 6) is -5.16. The minimum Gasteiger partial charge on any atom is -0.423 e. The molecule has 0 aliphatic heterocycles. The first-order valence-electron chi connectivity index (χ1n) is 10.1. The Balaban J connectivity index is 1.52. The quantitative estimate of drug-likeness (QED) is 0.146. The molecule has 1 fully saturated rings. The number of carbonyl (C=O) groups is 1. The standard InChI is InChI=1S/C25H20F4O2/c1-2-14-3-5-15(6-4-14)16-7-9-20(21(26)12-16)25(30)31-18-8-10-19-17(11-18)13-22(27)24(29)23(19)28/h2,7-15H,1,3-6H2. The Morgan fingerprint density at radius 2 is 1.65 bits per heavy atom. The van der Waals surface area contributed by atoms with E-state index >= 15 is 0 Å². The highest BCUT2D eigenvalue weighted by Crippen LogP contribution is 2.36. The maximum absolute atomic E-state index is 14.6. The minimum absolute atomic E-state index is 0.0210. The molecule has 1 saturated carbocycles. The van der Waals surface area contributed by atoms with E-state index in [4.69, 9.17) is 4.74 Å². The molecule has 0 radical (unpaired) electrons. The zero-order valence-corrected chi connectivity index (χ0v) is 16.6. The molecule has 0 saturated heterocycles. The van der Waals surface area contributed by atoms with Gasteiger partial charge in [0.05, 0.1) is 5.56 Å². The van der Waals surface area contributed by atoms with E-state index in [9.17, 15) is 22.4 Å². The van der Waals surface area contributed by atoms with Crippen LogP contribution in [0.5, 0.6) is 5.75 Å². The average molecular weight is 428 g/mol. The summed E-state index contributed by atoms with van der Waals surface area (Å²) in [7, 11) is 0. The summed E-state index contributed by atoms with van der Waals surface area (Å²) in [4.78, 5) is 12.4. The fraction of sp³-hybridized carbons (Fsp3) is 0.240. The number of carbonyl (C=O) groups excluding carboxylic acids is 1. The van der Waals surface area contributed by atoms with E-state index in [0.29, 0.717) is 5.92 Å². The van der Waals surface area contributed by atoms with E-state index in [2.05, 4.69) is 6.58 Å². The molecule has 0 unspecified atom stereocenters. The highest BCUT2D eigenvalue weighted by Gasteiger charge is 2.23. The molecule has 160 valence electrons. The Bertz CT molecular complexity index is 1160. The van der Waals surface area contributed by atoms with Gasteiger partial charge in [-0.05, 0) is 84.9 Å². The highest BCUT2D eigenvalue weighted by atomic mass is 19.2. The van der Waals surface area contributed by atoms with Gasteiger partial charge in [-0.3, -0.25) is 0 Å². The van der Waals surface area contributed by atoms with Crippen LogP contribution in [-0.4, -0.2) is 5.97 Å². The van der Waals surface area contributed by atoms with Crippen LogP contribution in [0, 0.1) is 29.2 Å². The van der Waals surface area contributed by atoms with Gasteiger partial charge in [-0.1, -0.05) is 12.1 Å². The third kappa shape index (κ3) is 4.20. The van der Waals surface area contributed by atoms with Crippen molar-refractivity contribution in [2.75, 3.05) is 0 Å². The van der Waals surface area contributed by atoms with Gasteiger partial charge >= 0.3 is 5.97 Å². The molecule has 1 aliphatic carbocycles. The summed E-state index contributed by atoms with van der Waals surface area (Å²) < 4.78 is 60.5. The van der Waals surface area contributed by atoms with Crippen LogP contribution in [0.2, 0.25) is 0 Å². The Hall–Kier alpha value is -3.15. The van der Waals surface area contributed by atoms with Gasteiger partial charge < -0.3 is 4.74 Å². The molecule has 0 N–H and O–H groups in total.